The molecule has 1 N–H and O–H groups in total. The molecule has 0 bridgehead atoms. The molecule has 3 rings (SSSR count). The van der Waals surface area contributed by atoms with Crippen molar-refractivity contribution in [1.82, 2.24) is 5.32 Å². The first-order valence-electron chi connectivity index (χ1n) is 7.60. The summed E-state index contributed by atoms with van der Waals surface area (Å²) in [5, 5.41) is 2.85. The highest BCUT2D eigenvalue weighted by atomic mass is 16.6. The van der Waals surface area contributed by atoms with Crippen LogP contribution in [0.25, 0.3) is 0 Å². The molecule has 126 valence electrons. The SMILES string of the molecule is COc1ccc(OC)c(C(=O)NCC2COc3ccccc3O2)c1. The monoisotopic (exact) mass is 329 g/mol. The second-order valence-electron chi connectivity index (χ2n) is 5.27. The van der Waals surface area contributed by atoms with Crippen LogP contribution in [0, 0.1) is 0 Å². The van der Waals surface area contributed by atoms with Crippen molar-refractivity contribution in [2.75, 3.05) is 27.4 Å². The second kappa shape index (κ2) is 7.12. The molecule has 1 amide bonds. The molecule has 2 aromatic rings. The number of amides is 1. The topological polar surface area (TPSA) is 66.0 Å². The summed E-state index contributed by atoms with van der Waals surface area (Å²) >= 11 is 0. The van der Waals surface area contributed by atoms with Gasteiger partial charge in [0.1, 0.15) is 24.2 Å². The van der Waals surface area contributed by atoms with Gasteiger partial charge in [0, 0.05) is 0 Å². The van der Waals surface area contributed by atoms with Crippen molar-refractivity contribution < 1.29 is 23.7 Å². The maximum Gasteiger partial charge on any atom is 0.255 e. The highest BCUT2D eigenvalue weighted by Gasteiger charge is 2.22. The van der Waals surface area contributed by atoms with E-state index in [1.165, 1.54) is 7.11 Å². The fourth-order valence-corrected chi connectivity index (χ4v) is 2.46. The molecule has 1 atom stereocenters. The lowest BCUT2D eigenvalue weighted by molar-refractivity contribution is 0.0787. The van der Waals surface area contributed by atoms with E-state index in [4.69, 9.17) is 18.9 Å². The Morgan fingerprint density at radius 1 is 1.17 bits per heavy atom. The summed E-state index contributed by atoms with van der Waals surface area (Å²) in [5.74, 6) is 2.22. The minimum absolute atomic E-state index is 0.250. The van der Waals surface area contributed by atoms with Crippen LogP contribution in [0.2, 0.25) is 0 Å². The van der Waals surface area contributed by atoms with Crippen molar-refractivity contribution in [2.24, 2.45) is 0 Å². The number of nitrogens with one attached hydrogen (secondary N) is 1. The zero-order chi connectivity index (χ0) is 16.9. The Morgan fingerprint density at radius 2 is 1.96 bits per heavy atom. The molecule has 2 aromatic carbocycles. The number of hydrogen-bond acceptors (Lipinski definition) is 5. The summed E-state index contributed by atoms with van der Waals surface area (Å²) < 4.78 is 21.8. The van der Waals surface area contributed by atoms with Crippen molar-refractivity contribution >= 4 is 5.91 Å². The molecule has 24 heavy (non-hydrogen) atoms. The molecule has 1 unspecified atom stereocenters. The van der Waals surface area contributed by atoms with Crippen LogP contribution in [0.5, 0.6) is 23.0 Å². The van der Waals surface area contributed by atoms with Crippen molar-refractivity contribution in [3.63, 3.8) is 0 Å². The fraction of sp³-hybridized carbons (Fsp3) is 0.278. The molecule has 1 aliphatic rings. The summed E-state index contributed by atoms with van der Waals surface area (Å²) in [6.45, 7) is 0.708. The third kappa shape index (κ3) is 3.37. The lowest BCUT2D eigenvalue weighted by atomic mass is 10.1. The third-order valence-corrected chi connectivity index (χ3v) is 3.71. The Labute approximate surface area is 140 Å². The first kappa shape index (κ1) is 16.0. The Bertz CT molecular complexity index is 731. The summed E-state index contributed by atoms with van der Waals surface area (Å²) in [6.07, 6.45) is -0.250. The largest absolute Gasteiger partial charge is 0.497 e. The Hall–Kier alpha value is -2.89. The minimum atomic E-state index is -0.256. The molecule has 1 aliphatic heterocycles. The number of carbonyl (C=O) groups excluding carboxylic acids is 1. The quantitative estimate of drug-likeness (QED) is 0.911. The molecule has 1 heterocycles. The number of methoxy groups -OCH3 is 2. The third-order valence-electron chi connectivity index (χ3n) is 3.71. The van der Waals surface area contributed by atoms with Crippen LogP contribution in [-0.2, 0) is 0 Å². The molecule has 0 radical (unpaired) electrons. The van der Waals surface area contributed by atoms with Gasteiger partial charge in [-0.1, -0.05) is 12.1 Å². The Morgan fingerprint density at radius 3 is 2.71 bits per heavy atom. The normalized spacial score (nSPS) is 15.5. The van der Waals surface area contributed by atoms with Gasteiger partial charge in [0.15, 0.2) is 11.5 Å². The molecular formula is C18H19NO5. The van der Waals surface area contributed by atoms with E-state index in [1.807, 2.05) is 24.3 Å². The van der Waals surface area contributed by atoms with E-state index in [-0.39, 0.29) is 12.0 Å². The standard InChI is InChI=1S/C18H19NO5/c1-21-12-7-8-15(22-2)14(9-12)18(20)19-10-13-11-23-16-5-3-4-6-17(16)24-13/h3-9,13H,10-11H2,1-2H3,(H,19,20). The van der Waals surface area contributed by atoms with Crippen molar-refractivity contribution in [3.8, 4) is 23.0 Å². The van der Waals surface area contributed by atoms with E-state index in [2.05, 4.69) is 5.32 Å². The van der Waals surface area contributed by atoms with Crippen LogP contribution in [0.3, 0.4) is 0 Å². The van der Waals surface area contributed by atoms with Crippen LogP contribution in [0.4, 0.5) is 0 Å². The first-order valence-corrected chi connectivity index (χ1v) is 7.60. The smallest absolute Gasteiger partial charge is 0.255 e. The Balaban J connectivity index is 1.64. The molecule has 0 saturated heterocycles. The predicted molar refractivity (Wildman–Crippen MR) is 88.2 cm³/mol. The average molecular weight is 329 g/mol. The Kier molecular flexibility index (Phi) is 4.74. The highest BCUT2D eigenvalue weighted by Crippen LogP contribution is 2.30. The minimum Gasteiger partial charge on any atom is -0.497 e. The van der Waals surface area contributed by atoms with Gasteiger partial charge in [0.05, 0.1) is 26.3 Å². The van der Waals surface area contributed by atoms with Gasteiger partial charge in [-0.05, 0) is 30.3 Å². The molecule has 0 aliphatic carbocycles. The van der Waals surface area contributed by atoms with E-state index >= 15 is 0 Å². The van der Waals surface area contributed by atoms with E-state index in [0.717, 1.165) is 5.75 Å². The molecule has 6 nitrogen and oxygen atoms in total. The van der Waals surface area contributed by atoms with Gasteiger partial charge in [-0.2, -0.15) is 0 Å². The summed E-state index contributed by atoms with van der Waals surface area (Å²) in [7, 11) is 3.07. The molecule has 0 spiro atoms. The number of benzene rings is 2. The van der Waals surface area contributed by atoms with Crippen LogP contribution in [-0.4, -0.2) is 39.4 Å². The average Bonchev–Trinajstić information content (AvgIpc) is 2.65. The van der Waals surface area contributed by atoms with Crippen molar-refractivity contribution in [1.29, 1.82) is 0 Å². The van der Waals surface area contributed by atoms with E-state index < -0.39 is 0 Å². The molecule has 0 aromatic heterocycles. The lowest BCUT2D eigenvalue weighted by Gasteiger charge is -2.26. The molecule has 0 saturated carbocycles. The van der Waals surface area contributed by atoms with Crippen LogP contribution in [0.1, 0.15) is 10.4 Å². The van der Waals surface area contributed by atoms with Gasteiger partial charge in [-0.15, -0.1) is 0 Å². The van der Waals surface area contributed by atoms with E-state index in [9.17, 15) is 4.79 Å². The van der Waals surface area contributed by atoms with E-state index in [1.54, 1.807) is 25.3 Å². The van der Waals surface area contributed by atoms with Gasteiger partial charge in [-0.25, -0.2) is 0 Å². The maximum atomic E-state index is 12.4. The second-order valence-corrected chi connectivity index (χ2v) is 5.27. The number of fused-ring (bicyclic) bond motifs is 1. The highest BCUT2D eigenvalue weighted by molar-refractivity contribution is 5.97. The van der Waals surface area contributed by atoms with Crippen molar-refractivity contribution in [3.05, 3.63) is 48.0 Å². The number of carbonyl (C=O) groups is 1. The maximum absolute atomic E-state index is 12.4. The number of ether oxygens (including phenoxy) is 4. The number of hydrogen-bond donors (Lipinski definition) is 1. The molecule has 0 fully saturated rings. The summed E-state index contributed by atoms with van der Waals surface area (Å²) in [5.41, 5.74) is 0.411. The first-order chi connectivity index (χ1) is 11.7. The van der Waals surface area contributed by atoms with Gasteiger partial charge in [0.2, 0.25) is 0 Å². The van der Waals surface area contributed by atoms with Crippen LogP contribution >= 0.6 is 0 Å². The van der Waals surface area contributed by atoms with Gasteiger partial charge in [-0.3, -0.25) is 4.79 Å². The summed E-state index contributed by atoms with van der Waals surface area (Å²) in [6, 6.07) is 12.5. The zero-order valence-electron chi connectivity index (χ0n) is 13.6. The van der Waals surface area contributed by atoms with E-state index in [0.29, 0.717) is 36.0 Å². The lowest BCUT2D eigenvalue weighted by Crippen LogP contribution is -2.40. The van der Waals surface area contributed by atoms with Gasteiger partial charge >= 0.3 is 0 Å². The van der Waals surface area contributed by atoms with Gasteiger partial charge in [0.25, 0.3) is 5.91 Å². The number of rotatable bonds is 5. The fourth-order valence-electron chi connectivity index (χ4n) is 2.46. The van der Waals surface area contributed by atoms with Crippen molar-refractivity contribution in [2.45, 2.75) is 6.10 Å². The van der Waals surface area contributed by atoms with Gasteiger partial charge < -0.3 is 24.3 Å². The zero-order valence-corrected chi connectivity index (χ0v) is 13.6. The van der Waals surface area contributed by atoms with Crippen LogP contribution < -0.4 is 24.3 Å². The van der Waals surface area contributed by atoms with Crippen LogP contribution in [0.15, 0.2) is 42.5 Å². The molecule has 6 heteroatoms. The molecular weight excluding hydrogens is 310 g/mol. The predicted octanol–water partition coefficient (Wildman–Crippen LogP) is 2.27. The number of para-hydroxylation sites is 2. The summed E-state index contributed by atoms with van der Waals surface area (Å²) in [4.78, 5) is 12.4.